The van der Waals surface area contributed by atoms with E-state index in [0.29, 0.717) is 18.1 Å². The molecule has 100 valence electrons. The molecule has 0 amide bonds. The summed E-state index contributed by atoms with van der Waals surface area (Å²) in [6, 6.07) is 0.362. The van der Waals surface area contributed by atoms with Crippen molar-refractivity contribution in [2.75, 3.05) is 6.61 Å². The van der Waals surface area contributed by atoms with Crippen LogP contribution in [0, 0.1) is 17.8 Å². The van der Waals surface area contributed by atoms with Gasteiger partial charge in [0, 0.05) is 6.61 Å². The zero-order valence-corrected chi connectivity index (χ0v) is 11.3. The first-order valence-electron chi connectivity index (χ1n) is 7.28. The lowest BCUT2D eigenvalue weighted by molar-refractivity contribution is -0.0305. The zero-order valence-electron chi connectivity index (χ0n) is 11.3. The molecule has 3 N–H and O–H groups in total. The van der Waals surface area contributed by atoms with Gasteiger partial charge in [0.15, 0.2) is 0 Å². The summed E-state index contributed by atoms with van der Waals surface area (Å²) in [6.07, 6.45) is 8.01. The molecule has 0 aromatic rings. The molecule has 1 saturated heterocycles. The van der Waals surface area contributed by atoms with Crippen molar-refractivity contribution in [3.05, 3.63) is 0 Å². The highest BCUT2D eigenvalue weighted by Crippen LogP contribution is 2.36. The van der Waals surface area contributed by atoms with Gasteiger partial charge in [-0.2, -0.15) is 0 Å². The van der Waals surface area contributed by atoms with Crippen LogP contribution in [0.4, 0.5) is 0 Å². The van der Waals surface area contributed by atoms with Gasteiger partial charge in [0.1, 0.15) is 0 Å². The van der Waals surface area contributed by atoms with E-state index in [1.165, 1.54) is 38.5 Å². The first-order chi connectivity index (χ1) is 8.20. The first-order valence-corrected chi connectivity index (χ1v) is 7.28. The van der Waals surface area contributed by atoms with Crippen LogP contribution in [0.3, 0.4) is 0 Å². The third kappa shape index (κ3) is 3.43. The third-order valence-corrected chi connectivity index (χ3v) is 4.53. The minimum Gasteiger partial charge on any atom is -0.377 e. The molecular formula is C14H28N2O. The molecule has 4 unspecified atom stereocenters. The SMILES string of the molecule is CC1CC(C)CC(C(NN)C2CCCCO2)C1. The van der Waals surface area contributed by atoms with Crippen LogP contribution >= 0.6 is 0 Å². The lowest BCUT2D eigenvalue weighted by Gasteiger charge is -2.40. The Morgan fingerprint density at radius 1 is 1.12 bits per heavy atom. The molecule has 0 aromatic heterocycles. The van der Waals surface area contributed by atoms with Gasteiger partial charge < -0.3 is 4.74 Å². The van der Waals surface area contributed by atoms with Crippen molar-refractivity contribution in [3.8, 4) is 0 Å². The van der Waals surface area contributed by atoms with Crippen molar-refractivity contribution < 1.29 is 4.74 Å². The molecule has 3 nitrogen and oxygen atoms in total. The van der Waals surface area contributed by atoms with E-state index in [4.69, 9.17) is 10.6 Å². The fourth-order valence-electron chi connectivity index (χ4n) is 3.90. The zero-order chi connectivity index (χ0) is 12.3. The fourth-order valence-corrected chi connectivity index (χ4v) is 3.90. The topological polar surface area (TPSA) is 47.3 Å². The van der Waals surface area contributed by atoms with Crippen molar-refractivity contribution in [2.24, 2.45) is 23.6 Å². The second-order valence-corrected chi connectivity index (χ2v) is 6.28. The molecule has 2 fully saturated rings. The highest BCUT2D eigenvalue weighted by atomic mass is 16.5. The maximum atomic E-state index is 5.91. The summed E-state index contributed by atoms with van der Waals surface area (Å²) in [7, 11) is 0. The van der Waals surface area contributed by atoms with E-state index in [1.54, 1.807) is 0 Å². The summed E-state index contributed by atoms with van der Waals surface area (Å²) < 4.78 is 5.91. The van der Waals surface area contributed by atoms with E-state index < -0.39 is 0 Å². The van der Waals surface area contributed by atoms with Crippen LogP contribution < -0.4 is 11.3 Å². The van der Waals surface area contributed by atoms with E-state index in [2.05, 4.69) is 19.3 Å². The van der Waals surface area contributed by atoms with Gasteiger partial charge >= 0.3 is 0 Å². The molecule has 2 rings (SSSR count). The third-order valence-electron chi connectivity index (χ3n) is 4.53. The Morgan fingerprint density at radius 2 is 1.82 bits per heavy atom. The van der Waals surface area contributed by atoms with E-state index >= 15 is 0 Å². The summed E-state index contributed by atoms with van der Waals surface area (Å²) >= 11 is 0. The largest absolute Gasteiger partial charge is 0.377 e. The van der Waals surface area contributed by atoms with E-state index in [-0.39, 0.29) is 0 Å². The van der Waals surface area contributed by atoms with E-state index in [1.807, 2.05) is 0 Å². The van der Waals surface area contributed by atoms with Crippen LogP contribution in [-0.4, -0.2) is 18.8 Å². The Morgan fingerprint density at radius 3 is 2.35 bits per heavy atom. The number of rotatable bonds is 3. The molecule has 1 heterocycles. The van der Waals surface area contributed by atoms with Gasteiger partial charge in [0.2, 0.25) is 0 Å². The van der Waals surface area contributed by atoms with Crippen LogP contribution in [-0.2, 0) is 4.74 Å². The molecule has 4 atom stereocenters. The minimum atomic E-state index is 0.344. The highest BCUT2D eigenvalue weighted by Gasteiger charge is 2.35. The van der Waals surface area contributed by atoms with Crippen molar-refractivity contribution >= 4 is 0 Å². The lowest BCUT2D eigenvalue weighted by Crippen LogP contribution is -2.52. The van der Waals surface area contributed by atoms with Gasteiger partial charge in [-0.1, -0.05) is 13.8 Å². The van der Waals surface area contributed by atoms with Crippen LogP contribution in [0.15, 0.2) is 0 Å². The molecule has 1 aliphatic carbocycles. The maximum absolute atomic E-state index is 5.91. The molecular weight excluding hydrogens is 212 g/mol. The van der Waals surface area contributed by atoms with Crippen molar-refractivity contribution in [1.29, 1.82) is 0 Å². The standard InChI is InChI=1S/C14H28N2O/c1-10-7-11(2)9-12(8-10)14(16-15)13-5-3-4-6-17-13/h10-14,16H,3-9,15H2,1-2H3. The normalized spacial score (nSPS) is 41.1. The number of hydrogen-bond acceptors (Lipinski definition) is 3. The monoisotopic (exact) mass is 240 g/mol. The van der Waals surface area contributed by atoms with Crippen LogP contribution in [0.5, 0.6) is 0 Å². The number of hydrazine groups is 1. The van der Waals surface area contributed by atoms with Crippen LogP contribution in [0.25, 0.3) is 0 Å². The van der Waals surface area contributed by atoms with Gasteiger partial charge in [-0.15, -0.1) is 0 Å². The average Bonchev–Trinajstić information content (AvgIpc) is 2.30. The first kappa shape index (κ1) is 13.3. The van der Waals surface area contributed by atoms with E-state index in [0.717, 1.165) is 18.4 Å². The Hall–Kier alpha value is -0.120. The summed E-state index contributed by atoms with van der Waals surface area (Å²) in [6.45, 7) is 5.66. The predicted molar refractivity (Wildman–Crippen MR) is 70.4 cm³/mol. The van der Waals surface area contributed by atoms with Crippen molar-refractivity contribution in [2.45, 2.75) is 64.5 Å². The Labute approximate surface area is 105 Å². The molecule has 0 aromatic carbocycles. The van der Waals surface area contributed by atoms with E-state index in [9.17, 15) is 0 Å². The minimum absolute atomic E-state index is 0.344. The molecule has 0 spiro atoms. The molecule has 0 radical (unpaired) electrons. The molecule has 17 heavy (non-hydrogen) atoms. The number of hydrogen-bond donors (Lipinski definition) is 2. The van der Waals surface area contributed by atoms with Gasteiger partial charge in [0.25, 0.3) is 0 Å². The molecule has 3 heteroatoms. The molecule has 0 bridgehead atoms. The Balaban J connectivity index is 1.96. The molecule has 1 aliphatic heterocycles. The summed E-state index contributed by atoms with van der Waals surface area (Å²) in [5.41, 5.74) is 3.06. The summed E-state index contributed by atoms with van der Waals surface area (Å²) in [5, 5.41) is 0. The lowest BCUT2D eigenvalue weighted by atomic mass is 9.72. The van der Waals surface area contributed by atoms with Gasteiger partial charge in [0.05, 0.1) is 12.1 Å². The quantitative estimate of drug-likeness (QED) is 0.588. The predicted octanol–water partition coefficient (Wildman–Crippen LogP) is 2.46. The number of ether oxygens (including phenoxy) is 1. The Bertz CT molecular complexity index is 218. The van der Waals surface area contributed by atoms with Gasteiger partial charge in [-0.25, -0.2) is 0 Å². The van der Waals surface area contributed by atoms with Crippen LogP contribution in [0.2, 0.25) is 0 Å². The summed E-state index contributed by atoms with van der Waals surface area (Å²) in [4.78, 5) is 0. The van der Waals surface area contributed by atoms with Crippen molar-refractivity contribution in [1.82, 2.24) is 5.43 Å². The molecule has 2 aliphatic rings. The van der Waals surface area contributed by atoms with Gasteiger partial charge in [-0.05, 0) is 56.3 Å². The second kappa shape index (κ2) is 6.17. The van der Waals surface area contributed by atoms with Crippen LogP contribution in [0.1, 0.15) is 52.4 Å². The fraction of sp³-hybridized carbons (Fsp3) is 1.00. The smallest absolute Gasteiger partial charge is 0.0744 e. The molecule has 1 saturated carbocycles. The Kier molecular flexibility index (Phi) is 4.83. The van der Waals surface area contributed by atoms with Gasteiger partial charge in [-0.3, -0.25) is 11.3 Å². The maximum Gasteiger partial charge on any atom is 0.0744 e. The number of nitrogens with two attached hydrogens (primary N) is 1. The van der Waals surface area contributed by atoms with Crippen molar-refractivity contribution in [3.63, 3.8) is 0 Å². The average molecular weight is 240 g/mol. The number of nitrogens with one attached hydrogen (secondary N) is 1. The second-order valence-electron chi connectivity index (χ2n) is 6.28. The highest BCUT2D eigenvalue weighted by molar-refractivity contribution is 4.88. The summed E-state index contributed by atoms with van der Waals surface area (Å²) in [5.74, 6) is 8.16.